The second kappa shape index (κ2) is 8.56. The Hall–Kier alpha value is -2.67. The lowest BCUT2D eigenvalue weighted by Crippen LogP contribution is -2.29. The summed E-state index contributed by atoms with van der Waals surface area (Å²) in [7, 11) is 1.70. The van der Waals surface area contributed by atoms with Crippen LogP contribution in [-0.4, -0.2) is 33.2 Å². The first-order valence-electron chi connectivity index (χ1n) is 8.99. The molecule has 146 valence electrons. The smallest absolute Gasteiger partial charge is 0.262 e. The molecule has 1 heterocycles. The highest BCUT2D eigenvalue weighted by atomic mass is 32.2. The lowest BCUT2D eigenvalue weighted by molar-refractivity contribution is -0.127. The van der Waals surface area contributed by atoms with Crippen molar-refractivity contribution in [3.05, 3.63) is 70.3 Å². The Bertz CT molecular complexity index is 1050. The van der Waals surface area contributed by atoms with Gasteiger partial charge in [0.2, 0.25) is 5.91 Å². The molecule has 28 heavy (non-hydrogen) atoms. The number of hydrogen-bond acceptors (Lipinski definition) is 4. The molecule has 0 saturated carbocycles. The minimum Gasteiger partial charge on any atom is -0.341 e. The standard InChI is InChI=1S/C21H22FN3O2S/c1-14(2)25-20(27)17-6-4-5-7-18(17)23-21(25)28-13-19(26)24(3)12-15-8-10-16(22)11-9-15/h4-11,14H,12-13H2,1-3H3. The van der Waals surface area contributed by atoms with E-state index in [4.69, 9.17) is 0 Å². The maximum absolute atomic E-state index is 13.0. The van der Waals surface area contributed by atoms with Crippen molar-refractivity contribution >= 4 is 28.6 Å². The van der Waals surface area contributed by atoms with E-state index in [9.17, 15) is 14.0 Å². The Labute approximate surface area is 167 Å². The zero-order valence-corrected chi connectivity index (χ0v) is 16.9. The fraction of sp³-hybridized carbons (Fsp3) is 0.286. The van der Waals surface area contributed by atoms with Crippen molar-refractivity contribution in [3.8, 4) is 0 Å². The number of nitrogens with zero attached hydrogens (tertiary/aromatic N) is 3. The van der Waals surface area contributed by atoms with E-state index in [2.05, 4.69) is 4.98 Å². The second-order valence-electron chi connectivity index (χ2n) is 6.85. The molecule has 1 aromatic heterocycles. The van der Waals surface area contributed by atoms with Crippen molar-refractivity contribution in [2.75, 3.05) is 12.8 Å². The molecule has 1 amide bonds. The Morgan fingerprint density at radius 1 is 1.18 bits per heavy atom. The minimum absolute atomic E-state index is 0.0702. The Morgan fingerprint density at radius 3 is 2.54 bits per heavy atom. The number of benzene rings is 2. The monoisotopic (exact) mass is 399 g/mol. The number of thioether (sulfide) groups is 1. The molecule has 0 saturated heterocycles. The van der Waals surface area contributed by atoms with Gasteiger partial charge in [-0.2, -0.15) is 0 Å². The van der Waals surface area contributed by atoms with Crippen LogP contribution >= 0.6 is 11.8 Å². The van der Waals surface area contributed by atoms with E-state index in [0.29, 0.717) is 22.6 Å². The first kappa shape index (κ1) is 20.1. The van der Waals surface area contributed by atoms with E-state index in [0.717, 1.165) is 5.56 Å². The first-order chi connectivity index (χ1) is 13.4. The molecule has 0 aliphatic heterocycles. The van der Waals surface area contributed by atoms with Crippen molar-refractivity contribution in [2.24, 2.45) is 0 Å². The van der Waals surface area contributed by atoms with Gasteiger partial charge in [0, 0.05) is 19.6 Å². The highest BCUT2D eigenvalue weighted by Crippen LogP contribution is 2.21. The van der Waals surface area contributed by atoms with Gasteiger partial charge in [0.05, 0.1) is 16.7 Å². The summed E-state index contributed by atoms with van der Waals surface area (Å²) in [6, 6.07) is 13.2. The molecule has 5 nitrogen and oxygen atoms in total. The van der Waals surface area contributed by atoms with Gasteiger partial charge in [0.15, 0.2) is 5.16 Å². The average molecular weight is 399 g/mol. The van der Waals surface area contributed by atoms with Crippen LogP contribution in [0, 0.1) is 5.82 Å². The van der Waals surface area contributed by atoms with E-state index in [1.165, 1.54) is 23.9 Å². The van der Waals surface area contributed by atoms with Gasteiger partial charge in [-0.1, -0.05) is 36.0 Å². The molecule has 0 spiro atoms. The lowest BCUT2D eigenvalue weighted by atomic mass is 10.2. The Balaban J connectivity index is 1.77. The average Bonchev–Trinajstić information content (AvgIpc) is 2.67. The zero-order valence-electron chi connectivity index (χ0n) is 16.1. The van der Waals surface area contributed by atoms with Crippen molar-refractivity contribution < 1.29 is 9.18 Å². The predicted octanol–water partition coefficient (Wildman–Crippen LogP) is 3.87. The SMILES string of the molecule is CC(C)n1c(SCC(=O)N(C)Cc2ccc(F)cc2)nc2ccccc2c1=O. The van der Waals surface area contributed by atoms with Crippen LogP contribution in [0.2, 0.25) is 0 Å². The molecule has 0 aliphatic carbocycles. The number of hydrogen-bond donors (Lipinski definition) is 0. The predicted molar refractivity (Wildman–Crippen MR) is 110 cm³/mol. The molecule has 0 N–H and O–H groups in total. The molecular weight excluding hydrogens is 377 g/mol. The molecule has 0 radical (unpaired) electrons. The normalized spacial score (nSPS) is 11.2. The number of fused-ring (bicyclic) bond motifs is 1. The lowest BCUT2D eigenvalue weighted by Gasteiger charge is -2.19. The summed E-state index contributed by atoms with van der Waals surface area (Å²) in [4.78, 5) is 31.5. The van der Waals surface area contributed by atoms with Gasteiger partial charge in [-0.3, -0.25) is 14.2 Å². The summed E-state index contributed by atoms with van der Waals surface area (Å²) >= 11 is 1.25. The number of amides is 1. The summed E-state index contributed by atoms with van der Waals surface area (Å²) in [6.07, 6.45) is 0. The molecule has 7 heteroatoms. The number of halogens is 1. The summed E-state index contributed by atoms with van der Waals surface area (Å²) in [6.45, 7) is 4.23. The molecule has 0 aliphatic rings. The number of carbonyl (C=O) groups is 1. The van der Waals surface area contributed by atoms with Crippen LogP contribution in [-0.2, 0) is 11.3 Å². The van der Waals surface area contributed by atoms with Crippen molar-refractivity contribution in [3.63, 3.8) is 0 Å². The van der Waals surface area contributed by atoms with Gasteiger partial charge in [0.1, 0.15) is 5.82 Å². The number of rotatable bonds is 6. The molecule has 3 aromatic rings. The summed E-state index contributed by atoms with van der Waals surface area (Å²) in [5.41, 5.74) is 1.37. The third-order valence-electron chi connectivity index (χ3n) is 4.38. The summed E-state index contributed by atoms with van der Waals surface area (Å²) in [5.74, 6) is -0.232. The highest BCUT2D eigenvalue weighted by Gasteiger charge is 2.16. The van der Waals surface area contributed by atoms with Gasteiger partial charge in [0.25, 0.3) is 5.56 Å². The van der Waals surface area contributed by atoms with Gasteiger partial charge in [-0.05, 0) is 43.7 Å². The fourth-order valence-electron chi connectivity index (χ4n) is 2.87. The molecular formula is C21H22FN3O2S. The maximum atomic E-state index is 13.0. The van der Waals surface area contributed by atoms with E-state index < -0.39 is 0 Å². The van der Waals surface area contributed by atoms with Crippen LogP contribution in [0.3, 0.4) is 0 Å². The van der Waals surface area contributed by atoms with E-state index in [1.54, 1.807) is 40.8 Å². The molecule has 0 unspecified atom stereocenters. The van der Waals surface area contributed by atoms with Crippen molar-refractivity contribution in [2.45, 2.75) is 31.6 Å². The Kier molecular flexibility index (Phi) is 6.14. The minimum atomic E-state index is -0.303. The second-order valence-corrected chi connectivity index (χ2v) is 7.79. The van der Waals surface area contributed by atoms with Gasteiger partial charge < -0.3 is 4.90 Å². The largest absolute Gasteiger partial charge is 0.341 e. The molecule has 2 aromatic carbocycles. The third kappa shape index (κ3) is 4.42. The number of aromatic nitrogens is 2. The van der Waals surface area contributed by atoms with Crippen molar-refractivity contribution in [1.29, 1.82) is 0 Å². The van der Waals surface area contributed by atoms with Crippen molar-refractivity contribution in [1.82, 2.24) is 14.5 Å². The van der Waals surface area contributed by atoms with E-state index in [1.807, 2.05) is 26.0 Å². The van der Waals surface area contributed by atoms with Crippen LogP contribution in [0.25, 0.3) is 10.9 Å². The van der Waals surface area contributed by atoms with E-state index >= 15 is 0 Å². The third-order valence-corrected chi connectivity index (χ3v) is 5.31. The van der Waals surface area contributed by atoms with Crippen LogP contribution in [0.1, 0.15) is 25.5 Å². The highest BCUT2D eigenvalue weighted by molar-refractivity contribution is 7.99. The van der Waals surface area contributed by atoms with Crippen LogP contribution < -0.4 is 5.56 Å². The Morgan fingerprint density at radius 2 is 1.86 bits per heavy atom. The van der Waals surface area contributed by atoms with E-state index in [-0.39, 0.29) is 29.1 Å². The quantitative estimate of drug-likeness (QED) is 0.466. The van der Waals surface area contributed by atoms with Crippen LogP contribution in [0.15, 0.2) is 58.5 Å². The summed E-state index contributed by atoms with van der Waals surface area (Å²) in [5, 5.41) is 1.10. The maximum Gasteiger partial charge on any atom is 0.262 e. The molecule has 0 atom stereocenters. The van der Waals surface area contributed by atoms with Gasteiger partial charge >= 0.3 is 0 Å². The first-order valence-corrected chi connectivity index (χ1v) is 9.98. The van der Waals surface area contributed by atoms with Gasteiger partial charge in [-0.25, -0.2) is 9.37 Å². The summed E-state index contributed by atoms with van der Waals surface area (Å²) < 4.78 is 14.6. The number of carbonyl (C=O) groups excluding carboxylic acids is 1. The fourth-order valence-corrected chi connectivity index (χ4v) is 3.94. The van der Waals surface area contributed by atoms with Gasteiger partial charge in [-0.15, -0.1) is 0 Å². The molecule has 3 rings (SSSR count). The van der Waals surface area contributed by atoms with Crippen LogP contribution in [0.4, 0.5) is 4.39 Å². The molecule has 0 bridgehead atoms. The topological polar surface area (TPSA) is 55.2 Å². The number of para-hydroxylation sites is 1. The zero-order chi connectivity index (χ0) is 20.3. The molecule has 0 fully saturated rings. The van der Waals surface area contributed by atoms with Crippen LogP contribution in [0.5, 0.6) is 0 Å².